The van der Waals surface area contributed by atoms with Crippen LogP contribution < -0.4 is 10.6 Å². The third-order valence-electron chi connectivity index (χ3n) is 4.14. The van der Waals surface area contributed by atoms with Gasteiger partial charge in [0.25, 0.3) is 5.91 Å². The third-order valence-corrected chi connectivity index (χ3v) is 4.14. The number of nitrogens with zero attached hydrogens (tertiary/aromatic N) is 2. The normalized spacial score (nSPS) is 10.4. The van der Waals surface area contributed by atoms with Gasteiger partial charge in [0.1, 0.15) is 6.33 Å². The van der Waals surface area contributed by atoms with Crippen LogP contribution in [-0.4, -0.2) is 33.5 Å². The number of nitrogens with one attached hydrogen (secondary N) is 3. The predicted molar refractivity (Wildman–Crippen MR) is 103 cm³/mol. The number of anilines is 1. The molecule has 3 N–H and O–H groups in total. The van der Waals surface area contributed by atoms with Gasteiger partial charge in [0.2, 0.25) is 5.91 Å². The van der Waals surface area contributed by atoms with Crippen LogP contribution in [-0.2, 0) is 4.79 Å². The molecule has 0 atom stereocenters. The minimum atomic E-state index is -0.263. The van der Waals surface area contributed by atoms with Crippen molar-refractivity contribution in [1.82, 2.24) is 20.5 Å². The second-order valence-corrected chi connectivity index (χ2v) is 6.25. The zero-order valence-corrected chi connectivity index (χ0v) is 15.2. The zero-order valence-electron chi connectivity index (χ0n) is 15.2. The fraction of sp³-hybridized carbons (Fsp3) is 0.200. The van der Waals surface area contributed by atoms with E-state index in [1.54, 1.807) is 18.2 Å². The number of rotatable bonds is 6. The molecule has 0 radical (unpaired) electrons. The Hall–Kier alpha value is -3.48. The number of H-pyrrole nitrogens is 1. The number of hydrogen-bond acceptors (Lipinski definition) is 4. The van der Waals surface area contributed by atoms with Crippen LogP contribution in [0.4, 0.5) is 5.69 Å². The first-order chi connectivity index (χ1) is 13.0. The molecule has 0 saturated heterocycles. The van der Waals surface area contributed by atoms with Crippen molar-refractivity contribution in [1.29, 1.82) is 0 Å². The van der Waals surface area contributed by atoms with Crippen molar-refractivity contribution in [2.45, 2.75) is 20.3 Å². The van der Waals surface area contributed by atoms with E-state index in [4.69, 9.17) is 0 Å². The molecule has 0 fully saturated rings. The van der Waals surface area contributed by atoms with E-state index in [1.807, 2.05) is 38.1 Å². The van der Waals surface area contributed by atoms with Crippen LogP contribution in [0.5, 0.6) is 0 Å². The molecular weight excluding hydrogens is 342 g/mol. The van der Waals surface area contributed by atoms with Gasteiger partial charge in [-0.2, -0.15) is 5.10 Å². The van der Waals surface area contributed by atoms with Crippen molar-refractivity contribution >= 4 is 17.5 Å². The molecule has 0 unspecified atom stereocenters. The summed E-state index contributed by atoms with van der Waals surface area (Å²) in [6.45, 7) is 4.19. The molecule has 3 rings (SSSR count). The summed E-state index contributed by atoms with van der Waals surface area (Å²) < 4.78 is 0. The molecule has 0 aliphatic carbocycles. The molecule has 3 aromatic rings. The molecule has 0 aliphatic heterocycles. The van der Waals surface area contributed by atoms with Crippen molar-refractivity contribution in [3.05, 3.63) is 65.5 Å². The van der Waals surface area contributed by atoms with E-state index in [9.17, 15) is 9.59 Å². The van der Waals surface area contributed by atoms with Gasteiger partial charge in [-0.25, -0.2) is 4.98 Å². The molecule has 2 aromatic carbocycles. The van der Waals surface area contributed by atoms with Crippen LogP contribution in [0, 0.1) is 13.8 Å². The molecular formula is C20H21N5O2. The molecule has 1 heterocycles. The number of carbonyl (C=O) groups excluding carboxylic acids is 2. The molecule has 2 amide bonds. The smallest absolute Gasteiger partial charge is 0.252 e. The predicted octanol–water partition coefficient (Wildman–Crippen LogP) is 2.85. The average molecular weight is 363 g/mol. The maximum absolute atomic E-state index is 12.5. The molecule has 27 heavy (non-hydrogen) atoms. The van der Waals surface area contributed by atoms with Gasteiger partial charge >= 0.3 is 0 Å². The van der Waals surface area contributed by atoms with E-state index in [2.05, 4.69) is 25.8 Å². The highest BCUT2D eigenvalue weighted by molar-refractivity contribution is 6.00. The molecule has 7 nitrogen and oxygen atoms in total. The molecule has 0 aliphatic rings. The van der Waals surface area contributed by atoms with E-state index < -0.39 is 0 Å². The topological polar surface area (TPSA) is 99.8 Å². The summed E-state index contributed by atoms with van der Waals surface area (Å²) >= 11 is 0. The maximum Gasteiger partial charge on any atom is 0.252 e. The average Bonchev–Trinajstić information content (AvgIpc) is 3.18. The summed E-state index contributed by atoms with van der Waals surface area (Å²) in [5.41, 5.74) is 4.07. The van der Waals surface area contributed by atoms with Crippen molar-refractivity contribution < 1.29 is 9.59 Å². The lowest BCUT2D eigenvalue weighted by atomic mass is 10.1. The Morgan fingerprint density at radius 2 is 1.93 bits per heavy atom. The van der Waals surface area contributed by atoms with Gasteiger partial charge in [-0.15, -0.1) is 0 Å². The lowest BCUT2D eigenvalue weighted by Crippen LogP contribution is -2.28. The van der Waals surface area contributed by atoms with Crippen LogP contribution in [0.25, 0.3) is 11.4 Å². The summed E-state index contributed by atoms with van der Waals surface area (Å²) in [5.74, 6) is 0.112. The van der Waals surface area contributed by atoms with E-state index in [-0.39, 0.29) is 24.8 Å². The molecule has 0 saturated carbocycles. The van der Waals surface area contributed by atoms with Crippen LogP contribution in [0.1, 0.15) is 27.9 Å². The summed E-state index contributed by atoms with van der Waals surface area (Å²) in [6.07, 6.45) is 1.57. The highest BCUT2D eigenvalue weighted by atomic mass is 16.2. The number of aromatic amines is 1. The highest BCUT2D eigenvalue weighted by Crippen LogP contribution is 2.19. The van der Waals surface area contributed by atoms with Crippen LogP contribution in [0.15, 0.2) is 48.8 Å². The maximum atomic E-state index is 12.5. The summed E-state index contributed by atoms with van der Waals surface area (Å²) in [5, 5.41) is 12.2. The number of carbonyl (C=O) groups is 2. The lowest BCUT2D eigenvalue weighted by molar-refractivity contribution is -0.116. The van der Waals surface area contributed by atoms with Crippen molar-refractivity contribution in [2.24, 2.45) is 0 Å². The SMILES string of the molecule is Cc1ccc(NC(=O)CCNC(=O)c2ccccc2-c2ncn[nH]2)c(C)c1. The Bertz CT molecular complexity index is 951. The van der Waals surface area contributed by atoms with E-state index in [1.165, 1.54) is 6.33 Å². The summed E-state index contributed by atoms with van der Waals surface area (Å²) in [6, 6.07) is 13.0. The van der Waals surface area contributed by atoms with Crippen molar-refractivity contribution in [3.63, 3.8) is 0 Å². The Kier molecular flexibility index (Phi) is 5.61. The first-order valence-corrected chi connectivity index (χ1v) is 8.64. The van der Waals surface area contributed by atoms with Gasteiger partial charge in [0.15, 0.2) is 5.82 Å². The second-order valence-electron chi connectivity index (χ2n) is 6.25. The van der Waals surface area contributed by atoms with Crippen molar-refractivity contribution in [2.75, 3.05) is 11.9 Å². The number of hydrogen-bond donors (Lipinski definition) is 3. The largest absolute Gasteiger partial charge is 0.351 e. The monoisotopic (exact) mass is 363 g/mol. The van der Waals surface area contributed by atoms with Crippen LogP contribution >= 0.6 is 0 Å². The number of aryl methyl sites for hydroxylation is 2. The fourth-order valence-corrected chi connectivity index (χ4v) is 2.77. The van der Waals surface area contributed by atoms with Gasteiger partial charge in [0, 0.05) is 24.2 Å². The standard InChI is InChI=1S/C20H21N5O2/c1-13-7-8-17(14(2)11-13)24-18(26)9-10-21-20(27)16-6-4-3-5-15(16)19-22-12-23-25-19/h3-8,11-12H,9-10H2,1-2H3,(H,21,27)(H,24,26)(H,22,23,25). The Morgan fingerprint density at radius 3 is 2.67 bits per heavy atom. The quantitative estimate of drug-likeness (QED) is 0.627. The van der Waals surface area contributed by atoms with Gasteiger partial charge in [-0.05, 0) is 31.5 Å². The zero-order chi connectivity index (χ0) is 19.2. The Balaban J connectivity index is 1.56. The first-order valence-electron chi connectivity index (χ1n) is 8.64. The van der Waals surface area contributed by atoms with Gasteiger partial charge < -0.3 is 10.6 Å². The van der Waals surface area contributed by atoms with E-state index >= 15 is 0 Å². The van der Waals surface area contributed by atoms with E-state index in [0.29, 0.717) is 17.0 Å². The third kappa shape index (κ3) is 4.58. The minimum Gasteiger partial charge on any atom is -0.351 e. The molecule has 0 bridgehead atoms. The van der Waals surface area contributed by atoms with E-state index in [0.717, 1.165) is 16.8 Å². The minimum absolute atomic E-state index is 0.147. The van der Waals surface area contributed by atoms with Gasteiger partial charge in [-0.1, -0.05) is 35.9 Å². The Morgan fingerprint density at radius 1 is 1.11 bits per heavy atom. The van der Waals surface area contributed by atoms with Gasteiger partial charge in [0.05, 0.1) is 5.56 Å². The molecule has 7 heteroatoms. The second kappa shape index (κ2) is 8.27. The first kappa shape index (κ1) is 18.3. The highest BCUT2D eigenvalue weighted by Gasteiger charge is 2.14. The van der Waals surface area contributed by atoms with Crippen LogP contribution in [0.3, 0.4) is 0 Å². The van der Waals surface area contributed by atoms with Crippen molar-refractivity contribution in [3.8, 4) is 11.4 Å². The summed E-state index contributed by atoms with van der Waals surface area (Å²) in [4.78, 5) is 28.7. The van der Waals surface area contributed by atoms with Gasteiger partial charge in [-0.3, -0.25) is 14.7 Å². The lowest BCUT2D eigenvalue weighted by Gasteiger charge is -2.10. The molecule has 1 aromatic heterocycles. The Labute approximate surface area is 157 Å². The molecule has 0 spiro atoms. The number of amides is 2. The number of aromatic nitrogens is 3. The molecule has 138 valence electrons. The fourth-order valence-electron chi connectivity index (χ4n) is 2.77. The number of benzene rings is 2. The summed E-state index contributed by atoms with van der Waals surface area (Å²) in [7, 11) is 0. The van der Waals surface area contributed by atoms with Crippen LogP contribution in [0.2, 0.25) is 0 Å².